The fraction of sp³-hybridized carbons (Fsp3) is 0.750. The second-order valence-corrected chi connectivity index (χ2v) is 8.08. The molecule has 0 aromatic rings. The normalized spacial score (nSPS) is 51.2. The average Bonchev–Trinajstić information content (AvgIpc) is 2.83. The minimum atomic E-state index is -2.63. The van der Waals surface area contributed by atoms with Crippen molar-refractivity contribution in [3.05, 3.63) is 23.7 Å². The Bertz CT molecular complexity index is 1040. The molecule has 0 radical (unpaired) electrons. The summed E-state index contributed by atoms with van der Waals surface area (Å²) >= 11 is 0. The zero-order valence-electron chi connectivity index (χ0n) is 26.5. The second kappa shape index (κ2) is 9.46. The molecule has 0 aromatic carbocycles. The van der Waals surface area contributed by atoms with Crippen LogP contribution < -0.4 is 0 Å². The van der Waals surface area contributed by atoms with Gasteiger partial charge in [-0.3, -0.25) is 9.59 Å². The van der Waals surface area contributed by atoms with Gasteiger partial charge >= 0.3 is 11.9 Å². The van der Waals surface area contributed by atoms with Crippen LogP contribution in [0.5, 0.6) is 0 Å². The van der Waals surface area contributed by atoms with Crippen molar-refractivity contribution < 1.29 is 35.1 Å². The highest BCUT2D eigenvalue weighted by molar-refractivity contribution is 5.72. The predicted octanol–water partition coefficient (Wildman–Crippen LogP) is 4.20. The zero-order valence-corrected chi connectivity index (χ0v) is 17.5. The summed E-state index contributed by atoms with van der Waals surface area (Å²) in [5.74, 6) is -9.47. The van der Waals surface area contributed by atoms with Crippen LogP contribution >= 0.6 is 0 Å². The SMILES string of the molecule is [2H]O[C@H]1CC(=O)OC(CC[C@@H]2[C@@H]3C(=C([2H])[C@]([2H])(C)C([2H])([2H])[C@@H]3OC(=O)[C@@]([2H])(C)CC)C([2H])=C([2H])[C@]2([2H])C)C1. The van der Waals surface area contributed by atoms with Gasteiger partial charge in [0.15, 0.2) is 0 Å². The topological polar surface area (TPSA) is 72.8 Å². The van der Waals surface area contributed by atoms with Crippen molar-refractivity contribution in [3.8, 4) is 0 Å². The number of allylic oxidation sites excluding steroid dienone is 3. The Balaban J connectivity index is 2.12. The predicted molar refractivity (Wildman–Crippen MR) is 111 cm³/mol. The molecule has 2 aliphatic carbocycles. The number of carbonyl (C=O) groups is 2. The van der Waals surface area contributed by atoms with Gasteiger partial charge in [0.1, 0.15) is 12.2 Å². The Morgan fingerprint density at radius 1 is 1.55 bits per heavy atom. The molecule has 5 heteroatoms. The van der Waals surface area contributed by atoms with Crippen LogP contribution in [0.3, 0.4) is 0 Å². The lowest BCUT2D eigenvalue weighted by molar-refractivity contribution is -0.162. The maximum absolute atomic E-state index is 13.0. The molecular formula is C24H36O5. The number of aliphatic hydroxyl groups excluding tert-OH is 1. The van der Waals surface area contributed by atoms with Crippen molar-refractivity contribution in [2.45, 2.75) is 84.5 Å². The first-order chi connectivity index (χ1) is 17.3. The Morgan fingerprint density at radius 2 is 2.34 bits per heavy atom. The number of cyclic esters (lactones) is 1. The van der Waals surface area contributed by atoms with E-state index in [0.29, 0.717) is 0 Å². The van der Waals surface area contributed by atoms with E-state index in [1.165, 1.54) is 13.8 Å². The van der Waals surface area contributed by atoms with Gasteiger partial charge in [-0.2, -0.15) is 0 Å². The molecule has 1 heterocycles. The standard InChI is InChI=1S/C24H36O5/c1-5-15(3)24(27)29-21-11-14(2)10-17-7-6-16(4)20(23(17)21)9-8-19-12-18(25)13-22(26)28-19/h6-7,10,14-16,18-21,23,25H,5,8-9,11-13H2,1-4H3/t14-,15-,16-,18+,19?,20-,21-,23-/m0/s1/i6D,7D,10D,11D2,14D,15D,16D,25D. The van der Waals surface area contributed by atoms with Crippen molar-refractivity contribution in [1.29, 1.82) is 1.43 Å². The Kier molecular flexibility index (Phi) is 4.22. The van der Waals surface area contributed by atoms with E-state index in [0.717, 1.165) is 6.92 Å². The number of rotatable bonds is 7. The number of fused-ring (bicyclic) bond motifs is 1. The Hall–Kier alpha value is -1.62. The van der Waals surface area contributed by atoms with Crippen molar-refractivity contribution in [1.82, 2.24) is 0 Å². The van der Waals surface area contributed by atoms with Crippen LogP contribution in [0.15, 0.2) is 23.7 Å². The van der Waals surface area contributed by atoms with Gasteiger partial charge in [-0.25, -0.2) is 0 Å². The summed E-state index contributed by atoms with van der Waals surface area (Å²) in [6.45, 7) is 5.49. The number of hydrogen-bond donors (Lipinski definition) is 1. The van der Waals surface area contributed by atoms with Gasteiger partial charge < -0.3 is 14.6 Å². The van der Waals surface area contributed by atoms with Crippen molar-refractivity contribution >= 4 is 11.9 Å². The molecule has 0 aromatic heterocycles. The lowest BCUT2D eigenvalue weighted by atomic mass is 9.65. The molecule has 1 N–H and O–H groups in total. The molecular weight excluding hydrogens is 368 g/mol. The third kappa shape index (κ3) is 5.30. The van der Waals surface area contributed by atoms with E-state index in [2.05, 4.69) is 5.11 Å². The summed E-state index contributed by atoms with van der Waals surface area (Å²) < 4.78 is 87.8. The van der Waals surface area contributed by atoms with Crippen LogP contribution in [0.4, 0.5) is 0 Å². The van der Waals surface area contributed by atoms with Crippen molar-refractivity contribution in [2.75, 3.05) is 0 Å². The van der Waals surface area contributed by atoms with Crippen LogP contribution in [0.2, 0.25) is 0 Å². The van der Waals surface area contributed by atoms with E-state index < -0.39 is 84.3 Å². The molecule has 1 fully saturated rings. The number of hydrogen-bond acceptors (Lipinski definition) is 5. The number of esters is 2. The Morgan fingerprint density at radius 3 is 3.07 bits per heavy atom. The van der Waals surface area contributed by atoms with E-state index in [9.17, 15) is 9.59 Å². The second-order valence-electron chi connectivity index (χ2n) is 8.08. The van der Waals surface area contributed by atoms with Crippen LogP contribution in [0, 0.1) is 29.5 Å². The summed E-state index contributed by atoms with van der Waals surface area (Å²) in [5, 5.41) is 4.58. The largest absolute Gasteiger partial charge is 0.462 e. The van der Waals surface area contributed by atoms with Gasteiger partial charge in [-0.05, 0) is 48.9 Å². The molecule has 0 spiro atoms. The molecule has 1 saturated heterocycles. The Labute approximate surface area is 187 Å². The summed E-state index contributed by atoms with van der Waals surface area (Å²) in [4.78, 5) is 25.0. The molecule has 0 saturated carbocycles. The van der Waals surface area contributed by atoms with Crippen molar-refractivity contribution in [3.63, 3.8) is 0 Å². The first-order valence-electron chi connectivity index (χ1n) is 14.7. The summed E-state index contributed by atoms with van der Waals surface area (Å²) in [7, 11) is 0. The quantitative estimate of drug-likeness (QED) is 0.634. The monoisotopic (exact) mass is 413 g/mol. The van der Waals surface area contributed by atoms with Crippen LogP contribution in [0.1, 0.15) is 77.1 Å². The molecule has 0 amide bonds. The molecule has 1 unspecified atom stereocenters. The van der Waals surface area contributed by atoms with E-state index in [4.69, 9.17) is 21.9 Å². The van der Waals surface area contributed by atoms with Crippen LogP contribution in [-0.4, -0.2) is 36.8 Å². The van der Waals surface area contributed by atoms with Crippen LogP contribution in [-0.2, 0) is 19.1 Å². The summed E-state index contributed by atoms with van der Waals surface area (Å²) in [6.07, 6.45) is -5.20. The molecule has 162 valence electrons. The first kappa shape index (κ1) is 12.9. The fourth-order valence-corrected chi connectivity index (χ4v) is 4.08. The minimum Gasteiger partial charge on any atom is -0.462 e. The van der Waals surface area contributed by atoms with Gasteiger partial charge in [0, 0.05) is 19.2 Å². The minimum absolute atomic E-state index is 0.0667. The average molecular weight is 414 g/mol. The highest BCUT2D eigenvalue weighted by Crippen LogP contribution is 2.45. The molecule has 0 bridgehead atoms. The smallest absolute Gasteiger partial charge is 0.308 e. The first-order valence-corrected chi connectivity index (χ1v) is 10.3. The molecule has 3 aliphatic rings. The van der Waals surface area contributed by atoms with Gasteiger partial charge in [-0.1, -0.05) is 45.9 Å². The highest BCUT2D eigenvalue weighted by Gasteiger charge is 2.42. The zero-order chi connectivity index (χ0) is 29.0. The lowest BCUT2D eigenvalue weighted by Crippen LogP contribution is -2.42. The molecule has 29 heavy (non-hydrogen) atoms. The molecule has 8 atom stereocenters. The third-order valence-corrected chi connectivity index (χ3v) is 5.86. The molecule has 1 aliphatic heterocycles. The van der Waals surface area contributed by atoms with E-state index in [-0.39, 0.29) is 37.7 Å². The van der Waals surface area contributed by atoms with E-state index >= 15 is 0 Å². The molecule has 5 nitrogen and oxygen atoms in total. The van der Waals surface area contributed by atoms with E-state index in [1.807, 2.05) is 0 Å². The molecule has 3 rings (SSSR count). The van der Waals surface area contributed by atoms with E-state index in [1.54, 1.807) is 6.92 Å². The maximum atomic E-state index is 13.0. The highest BCUT2D eigenvalue weighted by atomic mass is 16.5. The maximum Gasteiger partial charge on any atom is 0.308 e. The van der Waals surface area contributed by atoms with Gasteiger partial charge in [0.2, 0.25) is 1.43 Å². The van der Waals surface area contributed by atoms with Gasteiger partial charge in [-0.15, -0.1) is 0 Å². The summed E-state index contributed by atoms with van der Waals surface area (Å²) in [5.41, 5.74) is -0.119. The van der Waals surface area contributed by atoms with Gasteiger partial charge in [0.05, 0.1) is 22.5 Å². The summed E-state index contributed by atoms with van der Waals surface area (Å²) in [6, 6.07) is -1.40. The third-order valence-electron chi connectivity index (χ3n) is 5.86. The lowest BCUT2D eigenvalue weighted by Gasteiger charge is -2.43. The number of aliphatic hydroxyl groups is 1. The van der Waals surface area contributed by atoms with Crippen LogP contribution in [0.25, 0.3) is 0 Å². The fourth-order valence-electron chi connectivity index (χ4n) is 4.08. The van der Waals surface area contributed by atoms with Gasteiger partial charge in [0.25, 0.3) is 0 Å². The van der Waals surface area contributed by atoms with Crippen molar-refractivity contribution in [2.24, 2.45) is 29.5 Å². The number of ether oxygens (including phenoxy) is 2. The number of carbonyl (C=O) groups excluding carboxylic acids is 2.